The molecule has 1 aromatic carbocycles. The third kappa shape index (κ3) is 2.56. The lowest BCUT2D eigenvalue weighted by molar-refractivity contribution is -0.00954. The van der Waals surface area contributed by atoms with E-state index in [0.29, 0.717) is 6.61 Å². The normalized spacial score (nSPS) is 26.5. The molecule has 3 heteroatoms. The lowest BCUT2D eigenvalue weighted by Crippen LogP contribution is -2.44. The molecule has 1 aromatic rings. The number of rotatable bonds is 2. The van der Waals surface area contributed by atoms with Crippen LogP contribution in [0, 0.1) is 6.92 Å². The van der Waals surface area contributed by atoms with Crippen LogP contribution in [-0.2, 0) is 4.74 Å². The molecule has 0 aliphatic carbocycles. The number of aliphatic hydroxyl groups excluding tert-OH is 1. The summed E-state index contributed by atoms with van der Waals surface area (Å²) in [6.45, 7) is 3.57. The Bertz CT molecular complexity index is 319. The van der Waals surface area contributed by atoms with Crippen molar-refractivity contribution >= 4 is 0 Å². The van der Waals surface area contributed by atoms with Crippen molar-refractivity contribution in [2.45, 2.75) is 19.1 Å². The first-order valence-corrected chi connectivity index (χ1v) is 5.32. The van der Waals surface area contributed by atoms with Gasteiger partial charge in [0, 0.05) is 6.54 Å². The van der Waals surface area contributed by atoms with E-state index in [4.69, 9.17) is 9.84 Å². The average molecular weight is 207 g/mol. The molecule has 1 fully saturated rings. The minimum Gasteiger partial charge on any atom is -0.395 e. The van der Waals surface area contributed by atoms with Crippen LogP contribution in [0.3, 0.4) is 0 Å². The first kappa shape index (κ1) is 10.6. The van der Waals surface area contributed by atoms with Gasteiger partial charge in [0.05, 0.1) is 25.4 Å². The van der Waals surface area contributed by atoms with Crippen LogP contribution in [0.25, 0.3) is 0 Å². The molecule has 2 unspecified atom stereocenters. The molecule has 3 nitrogen and oxygen atoms in total. The Morgan fingerprint density at radius 1 is 1.53 bits per heavy atom. The highest BCUT2D eigenvalue weighted by atomic mass is 16.5. The minimum absolute atomic E-state index is 0.0889. The number of hydrogen-bond acceptors (Lipinski definition) is 3. The van der Waals surface area contributed by atoms with E-state index in [-0.39, 0.29) is 18.8 Å². The Hall–Kier alpha value is -0.900. The molecule has 82 valence electrons. The van der Waals surface area contributed by atoms with Crippen molar-refractivity contribution in [1.82, 2.24) is 5.32 Å². The Morgan fingerprint density at radius 2 is 2.40 bits per heavy atom. The second-order valence-corrected chi connectivity index (χ2v) is 4.02. The van der Waals surface area contributed by atoms with Crippen molar-refractivity contribution in [2.24, 2.45) is 0 Å². The van der Waals surface area contributed by atoms with Crippen LogP contribution < -0.4 is 5.32 Å². The number of aryl methyl sites for hydroxylation is 1. The van der Waals surface area contributed by atoms with Crippen LogP contribution in [-0.4, -0.2) is 30.9 Å². The number of aliphatic hydroxyl groups is 1. The molecule has 1 saturated heterocycles. The molecule has 0 bridgehead atoms. The van der Waals surface area contributed by atoms with Crippen molar-refractivity contribution in [3.05, 3.63) is 35.4 Å². The zero-order valence-corrected chi connectivity index (χ0v) is 8.94. The molecule has 0 aromatic heterocycles. The Morgan fingerprint density at radius 3 is 3.00 bits per heavy atom. The molecule has 1 heterocycles. The van der Waals surface area contributed by atoms with E-state index >= 15 is 0 Å². The summed E-state index contributed by atoms with van der Waals surface area (Å²) in [6.07, 6.45) is 0.118. The third-order valence-corrected chi connectivity index (χ3v) is 2.72. The van der Waals surface area contributed by atoms with Crippen LogP contribution in [0.15, 0.2) is 24.3 Å². The summed E-state index contributed by atoms with van der Waals surface area (Å²) in [5.74, 6) is 0. The topological polar surface area (TPSA) is 41.5 Å². The smallest absolute Gasteiger partial charge is 0.0950 e. The quantitative estimate of drug-likeness (QED) is 0.760. The first-order valence-electron chi connectivity index (χ1n) is 5.32. The lowest BCUT2D eigenvalue weighted by Gasteiger charge is -2.29. The van der Waals surface area contributed by atoms with Gasteiger partial charge in [0.15, 0.2) is 0 Å². The number of ether oxygens (including phenoxy) is 1. The molecule has 0 spiro atoms. The maximum atomic E-state index is 8.95. The fraction of sp³-hybridized carbons (Fsp3) is 0.500. The van der Waals surface area contributed by atoms with Crippen LogP contribution in [0.5, 0.6) is 0 Å². The molecule has 15 heavy (non-hydrogen) atoms. The van der Waals surface area contributed by atoms with E-state index in [1.165, 1.54) is 11.1 Å². The Labute approximate surface area is 90.1 Å². The zero-order valence-electron chi connectivity index (χ0n) is 8.94. The molecule has 2 rings (SSSR count). The van der Waals surface area contributed by atoms with Gasteiger partial charge in [0.1, 0.15) is 0 Å². The Kier molecular flexibility index (Phi) is 3.36. The van der Waals surface area contributed by atoms with E-state index in [9.17, 15) is 0 Å². The number of benzene rings is 1. The molecule has 0 radical (unpaired) electrons. The van der Waals surface area contributed by atoms with Crippen LogP contribution in [0.2, 0.25) is 0 Å². The summed E-state index contributed by atoms with van der Waals surface area (Å²) in [6, 6.07) is 8.44. The van der Waals surface area contributed by atoms with Crippen molar-refractivity contribution in [3.8, 4) is 0 Å². The maximum Gasteiger partial charge on any atom is 0.0950 e. The second-order valence-electron chi connectivity index (χ2n) is 4.02. The van der Waals surface area contributed by atoms with Gasteiger partial charge in [-0.2, -0.15) is 0 Å². The zero-order chi connectivity index (χ0) is 10.7. The summed E-state index contributed by atoms with van der Waals surface area (Å²) in [5.41, 5.74) is 2.46. The van der Waals surface area contributed by atoms with E-state index in [2.05, 4.69) is 30.4 Å². The van der Waals surface area contributed by atoms with Gasteiger partial charge < -0.3 is 15.2 Å². The fourth-order valence-corrected chi connectivity index (χ4v) is 1.83. The summed E-state index contributed by atoms with van der Waals surface area (Å²) in [7, 11) is 0. The molecule has 1 aliphatic rings. The van der Waals surface area contributed by atoms with Gasteiger partial charge in [0.25, 0.3) is 0 Å². The van der Waals surface area contributed by atoms with E-state index in [1.807, 2.05) is 6.07 Å². The van der Waals surface area contributed by atoms with E-state index < -0.39 is 0 Å². The first-order chi connectivity index (χ1) is 7.29. The summed E-state index contributed by atoms with van der Waals surface area (Å²) >= 11 is 0. The van der Waals surface area contributed by atoms with Crippen LogP contribution in [0.1, 0.15) is 17.2 Å². The predicted molar refractivity (Wildman–Crippen MR) is 58.7 cm³/mol. The molecular weight excluding hydrogens is 190 g/mol. The molecule has 1 aliphatic heterocycles. The largest absolute Gasteiger partial charge is 0.395 e. The Balaban J connectivity index is 2.01. The van der Waals surface area contributed by atoms with Gasteiger partial charge in [-0.25, -0.2) is 0 Å². The van der Waals surface area contributed by atoms with E-state index in [0.717, 1.165) is 6.54 Å². The molecule has 2 N–H and O–H groups in total. The third-order valence-electron chi connectivity index (χ3n) is 2.72. The summed E-state index contributed by atoms with van der Waals surface area (Å²) in [5, 5.41) is 12.2. The molecular formula is C12H17NO2. The fourth-order valence-electron chi connectivity index (χ4n) is 1.83. The highest BCUT2D eigenvalue weighted by Crippen LogP contribution is 2.20. The summed E-state index contributed by atoms with van der Waals surface area (Å²) < 4.78 is 5.70. The van der Waals surface area contributed by atoms with Gasteiger partial charge in [-0.15, -0.1) is 0 Å². The van der Waals surface area contributed by atoms with Crippen LogP contribution >= 0.6 is 0 Å². The highest BCUT2D eigenvalue weighted by Gasteiger charge is 2.21. The SMILES string of the molecule is Cc1cccc(C2CNC(CO)CO2)c1. The lowest BCUT2D eigenvalue weighted by atomic mass is 10.1. The summed E-state index contributed by atoms with van der Waals surface area (Å²) in [4.78, 5) is 0. The van der Waals surface area contributed by atoms with Crippen LogP contribution in [0.4, 0.5) is 0 Å². The monoisotopic (exact) mass is 207 g/mol. The molecule has 2 atom stereocenters. The number of nitrogens with one attached hydrogen (secondary N) is 1. The van der Waals surface area contributed by atoms with Gasteiger partial charge in [-0.05, 0) is 12.5 Å². The number of morpholine rings is 1. The minimum atomic E-state index is 0.0889. The van der Waals surface area contributed by atoms with Crippen molar-refractivity contribution in [2.75, 3.05) is 19.8 Å². The number of hydrogen-bond donors (Lipinski definition) is 2. The van der Waals surface area contributed by atoms with Gasteiger partial charge in [0.2, 0.25) is 0 Å². The van der Waals surface area contributed by atoms with Crippen molar-refractivity contribution < 1.29 is 9.84 Å². The highest BCUT2D eigenvalue weighted by molar-refractivity contribution is 5.24. The van der Waals surface area contributed by atoms with Gasteiger partial charge in [-0.3, -0.25) is 0 Å². The standard InChI is InChI=1S/C12H17NO2/c1-9-3-2-4-10(5-9)12-6-13-11(7-14)8-15-12/h2-5,11-14H,6-8H2,1H3. The van der Waals surface area contributed by atoms with Crippen molar-refractivity contribution in [1.29, 1.82) is 0 Å². The average Bonchev–Trinajstić information content (AvgIpc) is 2.29. The van der Waals surface area contributed by atoms with Gasteiger partial charge in [-0.1, -0.05) is 29.8 Å². The molecule has 0 saturated carbocycles. The van der Waals surface area contributed by atoms with E-state index in [1.54, 1.807) is 0 Å². The maximum absolute atomic E-state index is 8.95. The molecule has 0 amide bonds. The second kappa shape index (κ2) is 4.75. The van der Waals surface area contributed by atoms with Gasteiger partial charge >= 0.3 is 0 Å². The predicted octanol–water partition coefficient (Wildman–Crippen LogP) is 1.02. The van der Waals surface area contributed by atoms with Crippen molar-refractivity contribution in [3.63, 3.8) is 0 Å².